The smallest absolute Gasteiger partial charge is 0.319 e. The van der Waals surface area contributed by atoms with Crippen molar-refractivity contribution < 1.29 is 18.8 Å². The average molecular weight is 451 g/mol. The van der Waals surface area contributed by atoms with Crippen molar-refractivity contribution in [1.82, 2.24) is 20.3 Å². The maximum absolute atomic E-state index is 14.0. The van der Waals surface area contributed by atoms with Crippen LogP contribution in [0, 0.1) is 15.9 Å². The quantitative estimate of drug-likeness (QED) is 0.254. The molecule has 0 bridgehead atoms. The molecule has 2 aromatic carbocycles. The second kappa shape index (κ2) is 8.78. The van der Waals surface area contributed by atoms with Gasteiger partial charge < -0.3 is 25.7 Å². The zero-order chi connectivity index (χ0) is 23.5. The average Bonchev–Trinajstić information content (AvgIpc) is 3.24. The van der Waals surface area contributed by atoms with Gasteiger partial charge in [0.15, 0.2) is 0 Å². The Labute approximate surface area is 186 Å². The standard InChI is InChI=1S/C21H18FN7O4/c1-23-21(30)27-16-10-25-20(26-15-8-17(29(31)32)13(22)7-18(15)33-2)28-19(16)12-9-24-14-6-4-3-5-11(12)14/h3-10,24H,1-2H3,(H2,23,27,30)(H,25,26,28). The van der Waals surface area contributed by atoms with Crippen LogP contribution in [0.25, 0.3) is 22.2 Å². The number of aromatic amines is 1. The van der Waals surface area contributed by atoms with Gasteiger partial charge in [-0.1, -0.05) is 18.2 Å². The van der Waals surface area contributed by atoms with E-state index in [4.69, 9.17) is 4.74 Å². The number of halogens is 1. The molecular weight excluding hydrogens is 433 g/mol. The van der Waals surface area contributed by atoms with E-state index in [1.807, 2.05) is 24.3 Å². The maximum Gasteiger partial charge on any atom is 0.319 e. The van der Waals surface area contributed by atoms with Gasteiger partial charge >= 0.3 is 11.7 Å². The normalized spacial score (nSPS) is 10.6. The summed E-state index contributed by atoms with van der Waals surface area (Å²) >= 11 is 0. The zero-order valence-electron chi connectivity index (χ0n) is 17.5. The summed E-state index contributed by atoms with van der Waals surface area (Å²) in [5.74, 6) is -0.951. The summed E-state index contributed by atoms with van der Waals surface area (Å²) in [7, 11) is 2.78. The highest BCUT2D eigenvalue weighted by molar-refractivity contribution is 6.00. The number of hydrogen-bond donors (Lipinski definition) is 4. The van der Waals surface area contributed by atoms with Gasteiger partial charge in [-0.05, 0) is 6.07 Å². The zero-order valence-corrected chi connectivity index (χ0v) is 17.5. The first-order chi connectivity index (χ1) is 15.9. The van der Waals surface area contributed by atoms with Crippen molar-refractivity contribution in [2.45, 2.75) is 0 Å². The number of urea groups is 1. The van der Waals surface area contributed by atoms with E-state index in [2.05, 4.69) is 30.9 Å². The van der Waals surface area contributed by atoms with E-state index in [0.29, 0.717) is 16.9 Å². The number of carbonyl (C=O) groups is 1. The number of nitrogens with zero attached hydrogens (tertiary/aromatic N) is 3. The van der Waals surface area contributed by atoms with Gasteiger partial charge in [-0.25, -0.2) is 14.8 Å². The van der Waals surface area contributed by atoms with E-state index in [0.717, 1.165) is 23.0 Å². The van der Waals surface area contributed by atoms with Crippen LogP contribution in [0.4, 0.5) is 32.2 Å². The number of nitrogens with one attached hydrogen (secondary N) is 4. The molecule has 2 amide bonds. The summed E-state index contributed by atoms with van der Waals surface area (Å²) < 4.78 is 19.1. The van der Waals surface area contributed by atoms with E-state index in [-0.39, 0.29) is 17.4 Å². The first-order valence-electron chi connectivity index (χ1n) is 9.62. The highest BCUT2D eigenvalue weighted by Crippen LogP contribution is 2.36. The number of fused-ring (bicyclic) bond motifs is 1. The summed E-state index contributed by atoms with van der Waals surface area (Å²) in [6, 6.07) is 8.99. The molecule has 0 radical (unpaired) electrons. The van der Waals surface area contributed by atoms with Crippen molar-refractivity contribution in [3.63, 3.8) is 0 Å². The van der Waals surface area contributed by atoms with E-state index in [1.54, 1.807) is 6.20 Å². The van der Waals surface area contributed by atoms with Crippen LogP contribution in [0.1, 0.15) is 0 Å². The topological polar surface area (TPSA) is 147 Å². The number of nitro benzene ring substituents is 1. The molecule has 0 unspecified atom stereocenters. The monoisotopic (exact) mass is 451 g/mol. The number of aromatic nitrogens is 3. The molecule has 0 spiro atoms. The number of benzene rings is 2. The summed E-state index contributed by atoms with van der Waals surface area (Å²) in [4.78, 5) is 34.1. The SMILES string of the molecule is CNC(=O)Nc1cnc(Nc2cc([N+](=O)[O-])c(F)cc2OC)nc1-c1c[nH]c2ccccc12. The number of anilines is 3. The Kier molecular flexibility index (Phi) is 5.72. The molecule has 0 atom stereocenters. The number of para-hydroxylation sites is 1. The van der Waals surface area contributed by atoms with Gasteiger partial charge in [0.05, 0.1) is 29.6 Å². The second-order valence-corrected chi connectivity index (χ2v) is 6.79. The molecule has 4 rings (SSSR count). The molecule has 33 heavy (non-hydrogen) atoms. The van der Waals surface area contributed by atoms with Crippen LogP contribution in [0.2, 0.25) is 0 Å². The Morgan fingerprint density at radius 3 is 2.76 bits per heavy atom. The number of rotatable bonds is 6. The van der Waals surface area contributed by atoms with Gasteiger partial charge in [-0.2, -0.15) is 4.39 Å². The summed E-state index contributed by atoms with van der Waals surface area (Å²) in [5.41, 5.74) is 1.66. The van der Waals surface area contributed by atoms with Gasteiger partial charge in [0.1, 0.15) is 11.4 Å². The molecule has 0 aliphatic rings. The fourth-order valence-corrected chi connectivity index (χ4v) is 3.26. The molecule has 168 valence electrons. The highest BCUT2D eigenvalue weighted by Gasteiger charge is 2.21. The van der Waals surface area contributed by atoms with Crippen molar-refractivity contribution in [1.29, 1.82) is 0 Å². The van der Waals surface area contributed by atoms with E-state index in [1.165, 1.54) is 20.4 Å². The molecule has 4 aromatic rings. The molecule has 2 heterocycles. The molecule has 0 aliphatic carbocycles. The largest absolute Gasteiger partial charge is 0.494 e. The fraction of sp³-hybridized carbons (Fsp3) is 0.0952. The predicted octanol–water partition coefficient (Wildman–Crippen LogP) is 4.18. The lowest BCUT2D eigenvalue weighted by Crippen LogP contribution is -2.25. The van der Waals surface area contributed by atoms with Crippen LogP contribution >= 0.6 is 0 Å². The van der Waals surface area contributed by atoms with Crippen molar-refractivity contribution in [3.8, 4) is 17.0 Å². The lowest BCUT2D eigenvalue weighted by molar-refractivity contribution is -0.387. The minimum absolute atomic E-state index is 0.0305. The summed E-state index contributed by atoms with van der Waals surface area (Å²) in [5, 5.41) is 20.0. The Bertz CT molecular complexity index is 1370. The molecule has 2 aromatic heterocycles. The third-order valence-corrected chi connectivity index (χ3v) is 4.82. The van der Waals surface area contributed by atoms with Crippen molar-refractivity contribution >= 4 is 39.9 Å². The summed E-state index contributed by atoms with van der Waals surface area (Å²) in [6.45, 7) is 0. The lowest BCUT2D eigenvalue weighted by atomic mass is 10.1. The third kappa shape index (κ3) is 4.21. The van der Waals surface area contributed by atoms with Crippen molar-refractivity contribution in [3.05, 3.63) is 64.7 Å². The molecule has 0 saturated heterocycles. The molecule has 4 N–H and O–H groups in total. The first-order valence-corrected chi connectivity index (χ1v) is 9.62. The minimum Gasteiger partial charge on any atom is -0.494 e. The van der Waals surface area contributed by atoms with E-state index < -0.39 is 22.5 Å². The molecule has 0 fully saturated rings. The lowest BCUT2D eigenvalue weighted by Gasteiger charge is -2.13. The number of amides is 2. The van der Waals surface area contributed by atoms with Crippen LogP contribution < -0.4 is 20.7 Å². The van der Waals surface area contributed by atoms with Gasteiger partial charge in [0, 0.05) is 41.8 Å². The van der Waals surface area contributed by atoms with Crippen LogP contribution in [0.3, 0.4) is 0 Å². The Morgan fingerprint density at radius 1 is 1.24 bits per heavy atom. The fourth-order valence-electron chi connectivity index (χ4n) is 3.26. The number of hydrogen-bond acceptors (Lipinski definition) is 7. The number of nitro groups is 1. The first kappa shape index (κ1) is 21.5. The summed E-state index contributed by atoms with van der Waals surface area (Å²) in [6.07, 6.45) is 3.14. The second-order valence-electron chi connectivity index (χ2n) is 6.79. The van der Waals surface area contributed by atoms with Crippen molar-refractivity contribution in [2.24, 2.45) is 0 Å². The van der Waals surface area contributed by atoms with Gasteiger partial charge in [-0.15, -0.1) is 0 Å². The molecule has 12 heteroatoms. The van der Waals surface area contributed by atoms with Gasteiger partial charge in [-0.3, -0.25) is 10.1 Å². The minimum atomic E-state index is -1.03. The van der Waals surface area contributed by atoms with Crippen LogP contribution in [-0.2, 0) is 0 Å². The Balaban J connectivity index is 1.82. The highest BCUT2D eigenvalue weighted by atomic mass is 19.1. The van der Waals surface area contributed by atoms with Crippen LogP contribution in [0.15, 0.2) is 48.8 Å². The molecule has 11 nitrogen and oxygen atoms in total. The maximum atomic E-state index is 14.0. The Hall–Kier alpha value is -4.74. The molecule has 0 aliphatic heterocycles. The van der Waals surface area contributed by atoms with Crippen LogP contribution in [0.5, 0.6) is 5.75 Å². The molecular formula is C21H18FN7O4. The number of H-pyrrole nitrogens is 1. The predicted molar refractivity (Wildman–Crippen MR) is 120 cm³/mol. The Morgan fingerprint density at radius 2 is 2.03 bits per heavy atom. The van der Waals surface area contributed by atoms with E-state index in [9.17, 15) is 19.3 Å². The number of carbonyl (C=O) groups excluding carboxylic acids is 1. The molecule has 0 saturated carbocycles. The van der Waals surface area contributed by atoms with Gasteiger partial charge in [0.25, 0.3) is 0 Å². The third-order valence-electron chi connectivity index (χ3n) is 4.82. The number of ether oxygens (including phenoxy) is 1. The number of methoxy groups -OCH3 is 1. The van der Waals surface area contributed by atoms with Crippen molar-refractivity contribution in [2.75, 3.05) is 24.8 Å². The van der Waals surface area contributed by atoms with Gasteiger partial charge in [0.2, 0.25) is 11.8 Å². The van der Waals surface area contributed by atoms with E-state index >= 15 is 0 Å². The van der Waals surface area contributed by atoms with Crippen LogP contribution in [-0.4, -0.2) is 40.1 Å².